The molecule has 0 radical (unpaired) electrons. The van der Waals surface area contributed by atoms with Crippen molar-refractivity contribution in [2.24, 2.45) is 0 Å². The van der Waals surface area contributed by atoms with Gasteiger partial charge in [0.2, 0.25) is 0 Å². The zero-order valence-electron chi connectivity index (χ0n) is 14.6. The maximum absolute atomic E-state index is 14.0. The highest BCUT2D eigenvalue weighted by Gasteiger charge is 2.18. The zero-order chi connectivity index (χ0) is 19.0. The average Bonchev–Trinajstić information content (AvgIpc) is 3.24. The van der Waals surface area contributed by atoms with Gasteiger partial charge in [-0.3, -0.25) is 10.1 Å². The van der Waals surface area contributed by atoms with Crippen molar-refractivity contribution in [3.05, 3.63) is 65.7 Å². The van der Waals surface area contributed by atoms with Crippen molar-refractivity contribution >= 4 is 32.6 Å². The molecule has 4 rings (SSSR count). The molecule has 0 atom stereocenters. The van der Waals surface area contributed by atoms with E-state index in [4.69, 9.17) is 4.74 Å². The number of anilines is 1. The number of para-hydroxylation sites is 1. The summed E-state index contributed by atoms with van der Waals surface area (Å²) in [4.78, 5) is 17.1. The van der Waals surface area contributed by atoms with Crippen LogP contribution in [0.2, 0.25) is 0 Å². The van der Waals surface area contributed by atoms with E-state index in [0.717, 1.165) is 16.0 Å². The Morgan fingerprint density at radius 3 is 2.85 bits per heavy atom. The van der Waals surface area contributed by atoms with Crippen LogP contribution in [0.25, 0.3) is 15.9 Å². The van der Waals surface area contributed by atoms with Gasteiger partial charge in [-0.2, -0.15) is 5.10 Å². The lowest BCUT2D eigenvalue weighted by atomic mass is 10.2. The van der Waals surface area contributed by atoms with Gasteiger partial charge in [0, 0.05) is 0 Å². The summed E-state index contributed by atoms with van der Waals surface area (Å²) in [6.07, 6.45) is 1.42. The van der Waals surface area contributed by atoms with Crippen molar-refractivity contribution in [3.8, 4) is 11.4 Å². The van der Waals surface area contributed by atoms with Crippen molar-refractivity contribution in [3.63, 3.8) is 0 Å². The van der Waals surface area contributed by atoms with E-state index in [9.17, 15) is 9.18 Å². The Morgan fingerprint density at radius 2 is 2.07 bits per heavy atom. The number of rotatable bonds is 4. The molecule has 0 aliphatic heterocycles. The number of nitrogens with zero attached hydrogens (tertiary/aromatic N) is 3. The SMILES string of the molecule is COc1ccc2nc(NC(=O)c3cnn(-c4ccccc4F)c3C)sc2c1. The van der Waals surface area contributed by atoms with Gasteiger partial charge >= 0.3 is 0 Å². The fourth-order valence-corrected chi connectivity index (χ4v) is 3.64. The molecule has 2 aromatic carbocycles. The number of amides is 1. The van der Waals surface area contributed by atoms with Crippen LogP contribution in [0.15, 0.2) is 48.7 Å². The molecule has 1 amide bonds. The second-order valence-electron chi connectivity index (χ2n) is 5.81. The van der Waals surface area contributed by atoms with Gasteiger partial charge in [0.15, 0.2) is 5.13 Å². The molecule has 0 aliphatic rings. The Labute approximate surface area is 158 Å². The number of nitrogens with one attached hydrogen (secondary N) is 1. The minimum Gasteiger partial charge on any atom is -0.497 e. The molecule has 136 valence electrons. The predicted octanol–water partition coefficient (Wildman–Crippen LogP) is 4.19. The zero-order valence-corrected chi connectivity index (χ0v) is 15.4. The molecule has 4 aromatic rings. The number of carbonyl (C=O) groups is 1. The van der Waals surface area contributed by atoms with Crippen molar-refractivity contribution in [2.45, 2.75) is 6.92 Å². The smallest absolute Gasteiger partial charge is 0.260 e. The third kappa shape index (κ3) is 3.15. The Balaban J connectivity index is 1.61. The molecule has 6 nitrogen and oxygen atoms in total. The minimum absolute atomic E-state index is 0.293. The molecule has 0 saturated heterocycles. The third-order valence-corrected chi connectivity index (χ3v) is 5.08. The fraction of sp³-hybridized carbons (Fsp3) is 0.105. The number of halogens is 1. The number of ether oxygens (including phenoxy) is 1. The molecule has 2 aromatic heterocycles. The quantitative estimate of drug-likeness (QED) is 0.575. The third-order valence-electron chi connectivity index (χ3n) is 4.15. The molecule has 0 fully saturated rings. The summed E-state index contributed by atoms with van der Waals surface area (Å²) in [5.41, 5.74) is 1.96. The number of thiazole rings is 1. The molecule has 27 heavy (non-hydrogen) atoms. The Kier molecular flexibility index (Phi) is 4.33. The summed E-state index contributed by atoms with van der Waals surface area (Å²) in [6.45, 7) is 1.72. The number of carbonyl (C=O) groups excluding carboxylic acids is 1. The van der Waals surface area contributed by atoms with Crippen molar-refractivity contribution in [1.82, 2.24) is 14.8 Å². The fourth-order valence-electron chi connectivity index (χ4n) is 2.75. The van der Waals surface area contributed by atoms with Crippen LogP contribution in [0.5, 0.6) is 5.75 Å². The van der Waals surface area contributed by atoms with Gasteiger partial charge in [-0.15, -0.1) is 0 Å². The Morgan fingerprint density at radius 1 is 1.26 bits per heavy atom. The van der Waals surface area contributed by atoms with E-state index in [1.165, 1.54) is 28.3 Å². The van der Waals surface area contributed by atoms with E-state index in [2.05, 4.69) is 15.4 Å². The minimum atomic E-state index is -0.407. The van der Waals surface area contributed by atoms with Crippen LogP contribution in [-0.2, 0) is 0 Å². The van der Waals surface area contributed by atoms with E-state index in [0.29, 0.717) is 22.1 Å². The molecular formula is C19H15FN4O2S. The monoisotopic (exact) mass is 382 g/mol. The first-order chi connectivity index (χ1) is 13.1. The highest BCUT2D eigenvalue weighted by atomic mass is 32.1. The van der Waals surface area contributed by atoms with Crippen LogP contribution in [0.1, 0.15) is 16.1 Å². The largest absolute Gasteiger partial charge is 0.497 e. The van der Waals surface area contributed by atoms with Crippen LogP contribution in [0.4, 0.5) is 9.52 Å². The van der Waals surface area contributed by atoms with Crippen molar-refractivity contribution in [1.29, 1.82) is 0 Å². The highest BCUT2D eigenvalue weighted by Crippen LogP contribution is 2.29. The molecule has 8 heteroatoms. The van der Waals surface area contributed by atoms with Gasteiger partial charge < -0.3 is 4.74 Å². The summed E-state index contributed by atoms with van der Waals surface area (Å²) in [5, 5.41) is 7.42. The van der Waals surface area contributed by atoms with Gasteiger partial charge in [-0.25, -0.2) is 14.1 Å². The first-order valence-corrected chi connectivity index (χ1v) is 8.94. The normalized spacial score (nSPS) is 10.9. The maximum atomic E-state index is 14.0. The summed E-state index contributed by atoms with van der Waals surface area (Å²) in [5.74, 6) is -0.0251. The molecule has 1 N–H and O–H groups in total. The van der Waals surface area contributed by atoms with Gasteiger partial charge in [0.25, 0.3) is 5.91 Å². The highest BCUT2D eigenvalue weighted by molar-refractivity contribution is 7.22. The van der Waals surface area contributed by atoms with Crippen LogP contribution in [0, 0.1) is 12.7 Å². The number of fused-ring (bicyclic) bond motifs is 1. The lowest BCUT2D eigenvalue weighted by molar-refractivity contribution is 0.102. The molecule has 0 unspecified atom stereocenters. The summed E-state index contributed by atoms with van der Waals surface area (Å²) in [7, 11) is 1.60. The molecule has 0 bridgehead atoms. The Bertz CT molecular complexity index is 1150. The maximum Gasteiger partial charge on any atom is 0.260 e. The summed E-state index contributed by atoms with van der Waals surface area (Å²) >= 11 is 1.35. The summed E-state index contributed by atoms with van der Waals surface area (Å²) in [6, 6.07) is 11.8. The van der Waals surface area contributed by atoms with E-state index in [-0.39, 0.29) is 5.91 Å². The van der Waals surface area contributed by atoms with Crippen LogP contribution in [-0.4, -0.2) is 27.8 Å². The number of methoxy groups -OCH3 is 1. The molecule has 2 heterocycles. The van der Waals surface area contributed by atoms with Gasteiger partial charge in [-0.1, -0.05) is 23.5 Å². The van der Waals surface area contributed by atoms with Crippen molar-refractivity contribution in [2.75, 3.05) is 12.4 Å². The van der Waals surface area contributed by atoms with E-state index in [1.807, 2.05) is 18.2 Å². The second-order valence-corrected chi connectivity index (χ2v) is 6.84. The molecule has 0 spiro atoms. The number of hydrogen-bond donors (Lipinski definition) is 1. The van der Waals surface area contributed by atoms with Crippen LogP contribution >= 0.6 is 11.3 Å². The molecule has 0 aliphatic carbocycles. The number of aromatic nitrogens is 3. The molecular weight excluding hydrogens is 367 g/mol. The van der Waals surface area contributed by atoms with E-state index in [1.54, 1.807) is 32.2 Å². The van der Waals surface area contributed by atoms with Crippen LogP contribution < -0.4 is 10.1 Å². The van der Waals surface area contributed by atoms with Crippen molar-refractivity contribution < 1.29 is 13.9 Å². The van der Waals surface area contributed by atoms with E-state index >= 15 is 0 Å². The summed E-state index contributed by atoms with van der Waals surface area (Å²) < 4.78 is 21.5. The first-order valence-electron chi connectivity index (χ1n) is 8.12. The standard InChI is InChI=1S/C19H15FN4O2S/c1-11-13(10-21-24(11)16-6-4-3-5-14(16)20)18(25)23-19-22-15-8-7-12(26-2)9-17(15)27-19/h3-10H,1-2H3,(H,22,23,25). The second kappa shape index (κ2) is 6.81. The number of benzene rings is 2. The predicted molar refractivity (Wildman–Crippen MR) is 102 cm³/mol. The van der Waals surface area contributed by atoms with Gasteiger partial charge in [0.1, 0.15) is 17.3 Å². The van der Waals surface area contributed by atoms with E-state index < -0.39 is 5.82 Å². The van der Waals surface area contributed by atoms with Gasteiger partial charge in [-0.05, 0) is 37.3 Å². The van der Waals surface area contributed by atoms with Gasteiger partial charge in [0.05, 0.1) is 34.8 Å². The average molecular weight is 382 g/mol. The Hall–Kier alpha value is -3.26. The molecule has 0 saturated carbocycles. The topological polar surface area (TPSA) is 69.0 Å². The lowest BCUT2D eigenvalue weighted by Gasteiger charge is -2.06. The van der Waals surface area contributed by atoms with Crippen LogP contribution in [0.3, 0.4) is 0 Å². The number of hydrogen-bond acceptors (Lipinski definition) is 5. The lowest BCUT2D eigenvalue weighted by Crippen LogP contribution is -2.13. The first kappa shape index (κ1) is 17.2.